The molecule has 0 N–H and O–H groups in total. The molecule has 0 heterocycles. The standard InChI is InChI=1S/C6H6ClN3O4/c1-13-5(11)3(7)4(9-10-8)6(12)14-2/h1-2H3/b4-3+. The Labute approximate surface area is 83.9 Å². The van der Waals surface area contributed by atoms with E-state index in [4.69, 9.17) is 17.1 Å². The lowest BCUT2D eigenvalue weighted by Gasteiger charge is -2.01. The quantitative estimate of drug-likeness (QED) is 0.233. The molecular weight excluding hydrogens is 214 g/mol. The highest BCUT2D eigenvalue weighted by molar-refractivity contribution is 6.43. The number of carbonyl (C=O) groups excluding carboxylic acids is 2. The van der Waals surface area contributed by atoms with Gasteiger partial charge in [-0.1, -0.05) is 16.7 Å². The molecule has 0 aromatic carbocycles. The van der Waals surface area contributed by atoms with Crippen LogP contribution in [0.4, 0.5) is 0 Å². The normalized spacial score (nSPS) is 10.8. The van der Waals surface area contributed by atoms with E-state index in [1.165, 1.54) is 0 Å². The summed E-state index contributed by atoms with van der Waals surface area (Å²) in [7, 11) is 2.12. The number of halogens is 1. The molecule has 0 rings (SSSR count). The summed E-state index contributed by atoms with van der Waals surface area (Å²) < 4.78 is 8.44. The number of ether oxygens (including phenoxy) is 2. The van der Waals surface area contributed by atoms with Crippen LogP contribution < -0.4 is 0 Å². The van der Waals surface area contributed by atoms with E-state index in [0.717, 1.165) is 14.2 Å². The van der Waals surface area contributed by atoms with Crippen molar-refractivity contribution in [3.63, 3.8) is 0 Å². The number of azide groups is 1. The molecule has 0 atom stereocenters. The van der Waals surface area contributed by atoms with Gasteiger partial charge in [0.1, 0.15) is 10.7 Å². The van der Waals surface area contributed by atoms with Gasteiger partial charge in [0.25, 0.3) is 0 Å². The molecule has 0 aromatic heterocycles. The molecule has 0 fully saturated rings. The first-order chi connectivity index (χ1) is 6.58. The summed E-state index contributed by atoms with van der Waals surface area (Å²) in [6.45, 7) is 0. The third kappa shape index (κ3) is 2.96. The molecule has 0 spiro atoms. The Bertz CT molecular complexity index is 332. The third-order valence-electron chi connectivity index (χ3n) is 1.10. The van der Waals surface area contributed by atoms with Crippen LogP contribution in [0.15, 0.2) is 15.8 Å². The van der Waals surface area contributed by atoms with E-state index in [1.807, 2.05) is 0 Å². The molecular formula is C6H6ClN3O4. The minimum absolute atomic E-state index is 0.628. The number of carbonyl (C=O) groups is 2. The van der Waals surface area contributed by atoms with Gasteiger partial charge in [0.2, 0.25) is 0 Å². The van der Waals surface area contributed by atoms with Gasteiger partial charge in [-0.05, 0) is 5.53 Å². The van der Waals surface area contributed by atoms with E-state index in [1.54, 1.807) is 0 Å². The molecule has 0 radical (unpaired) electrons. The van der Waals surface area contributed by atoms with Crippen LogP contribution in [0.3, 0.4) is 0 Å². The molecule has 0 aliphatic heterocycles. The van der Waals surface area contributed by atoms with Crippen molar-refractivity contribution < 1.29 is 19.1 Å². The molecule has 0 aromatic rings. The van der Waals surface area contributed by atoms with Crippen LogP contribution in [-0.2, 0) is 19.1 Å². The molecule has 0 bridgehead atoms. The van der Waals surface area contributed by atoms with E-state index >= 15 is 0 Å². The van der Waals surface area contributed by atoms with Crippen LogP contribution >= 0.6 is 11.6 Å². The van der Waals surface area contributed by atoms with E-state index < -0.39 is 22.7 Å². The lowest BCUT2D eigenvalue weighted by Crippen LogP contribution is -2.10. The van der Waals surface area contributed by atoms with Crippen LogP contribution in [0.1, 0.15) is 0 Å². The van der Waals surface area contributed by atoms with Crippen molar-refractivity contribution in [2.45, 2.75) is 0 Å². The van der Waals surface area contributed by atoms with Gasteiger partial charge in [0.15, 0.2) is 0 Å². The summed E-state index contributed by atoms with van der Waals surface area (Å²) in [5.74, 6) is -2.00. The van der Waals surface area contributed by atoms with Crippen LogP contribution in [0.25, 0.3) is 10.4 Å². The maximum absolute atomic E-state index is 10.9. The van der Waals surface area contributed by atoms with Gasteiger partial charge in [-0.3, -0.25) is 0 Å². The van der Waals surface area contributed by atoms with Gasteiger partial charge in [-0.2, -0.15) is 0 Å². The lowest BCUT2D eigenvalue weighted by molar-refractivity contribution is -0.138. The molecule has 8 heteroatoms. The first kappa shape index (κ1) is 12.3. The number of rotatable bonds is 3. The van der Waals surface area contributed by atoms with Crippen LogP contribution in [0.5, 0.6) is 0 Å². The second-order valence-corrected chi connectivity index (χ2v) is 2.21. The zero-order valence-electron chi connectivity index (χ0n) is 7.35. The molecule has 7 nitrogen and oxygen atoms in total. The summed E-state index contributed by atoms with van der Waals surface area (Å²) in [6, 6.07) is 0. The molecule has 0 amide bonds. The average Bonchev–Trinajstić information content (AvgIpc) is 2.22. The number of esters is 2. The van der Waals surface area contributed by atoms with Gasteiger partial charge in [-0.25, -0.2) is 9.59 Å². The summed E-state index contributed by atoms with van der Waals surface area (Å²) in [5, 5.41) is 2.29. The van der Waals surface area contributed by atoms with Gasteiger partial charge >= 0.3 is 11.9 Å². The zero-order chi connectivity index (χ0) is 11.1. The van der Waals surface area contributed by atoms with Crippen LogP contribution in [0.2, 0.25) is 0 Å². The first-order valence-electron chi connectivity index (χ1n) is 3.20. The fraction of sp³-hybridized carbons (Fsp3) is 0.333. The minimum atomic E-state index is -1.02. The highest BCUT2D eigenvalue weighted by atomic mass is 35.5. The Morgan fingerprint density at radius 1 is 1.29 bits per heavy atom. The fourth-order valence-electron chi connectivity index (χ4n) is 0.502. The first-order valence-corrected chi connectivity index (χ1v) is 3.57. The summed E-state index contributed by atoms with van der Waals surface area (Å²) in [4.78, 5) is 24.1. The molecule has 0 unspecified atom stereocenters. The van der Waals surface area contributed by atoms with Gasteiger partial charge in [-0.15, -0.1) is 0 Å². The Morgan fingerprint density at radius 3 is 2.14 bits per heavy atom. The third-order valence-corrected chi connectivity index (χ3v) is 1.43. The predicted octanol–water partition coefficient (Wildman–Crippen LogP) is 1.09. The van der Waals surface area contributed by atoms with Crippen LogP contribution in [0, 0.1) is 0 Å². The summed E-state index contributed by atoms with van der Waals surface area (Å²) in [6.07, 6.45) is 0. The molecule has 0 aliphatic carbocycles. The van der Waals surface area contributed by atoms with E-state index in [0.29, 0.717) is 0 Å². The van der Waals surface area contributed by atoms with Crippen molar-refractivity contribution in [1.82, 2.24) is 0 Å². The Balaban J connectivity index is 5.25. The highest BCUT2D eigenvalue weighted by Gasteiger charge is 2.19. The Morgan fingerprint density at radius 2 is 1.79 bits per heavy atom. The van der Waals surface area contributed by atoms with Crippen LogP contribution in [-0.4, -0.2) is 26.2 Å². The number of hydrogen-bond acceptors (Lipinski definition) is 5. The average molecular weight is 220 g/mol. The molecule has 76 valence electrons. The molecule has 0 aliphatic rings. The monoisotopic (exact) mass is 219 g/mol. The van der Waals surface area contributed by atoms with E-state index in [-0.39, 0.29) is 0 Å². The topological polar surface area (TPSA) is 101 Å². The van der Waals surface area contributed by atoms with E-state index in [2.05, 4.69) is 19.5 Å². The van der Waals surface area contributed by atoms with Crippen molar-refractivity contribution >= 4 is 23.5 Å². The highest BCUT2D eigenvalue weighted by Crippen LogP contribution is 2.14. The van der Waals surface area contributed by atoms with Gasteiger partial charge < -0.3 is 9.47 Å². The molecule has 14 heavy (non-hydrogen) atoms. The summed E-state index contributed by atoms with van der Waals surface area (Å²) >= 11 is 5.39. The smallest absolute Gasteiger partial charge is 0.350 e. The minimum Gasteiger partial charge on any atom is -0.465 e. The zero-order valence-corrected chi connectivity index (χ0v) is 8.11. The fourth-order valence-corrected chi connectivity index (χ4v) is 0.694. The van der Waals surface area contributed by atoms with Gasteiger partial charge in [0, 0.05) is 4.91 Å². The maximum atomic E-state index is 10.9. The predicted molar refractivity (Wildman–Crippen MR) is 46.1 cm³/mol. The maximum Gasteiger partial charge on any atom is 0.350 e. The van der Waals surface area contributed by atoms with E-state index in [9.17, 15) is 9.59 Å². The van der Waals surface area contributed by atoms with Crippen molar-refractivity contribution in [1.29, 1.82) is 0 Å². The lowest BCUT2D eigenvalue weighted by atomic mass is 10.4. The number of hydrogen-bond donors (Lipinski definition) is 0. The largest absolute Gasteiger partial charge is 0.465 e. The van der Waals surface area contributed by atoms with Crippen molar-refractivity contribution in [2.24, 2.45) is 5.11 Å². The SMILES string of the molecule is COC(=O)/C(Cl)=C(\N=[N+]=[N-])C(=O)OC. The molecule has 0 saturated heterocycles. The Hall–Kier alpha value is -1.72. The number of nitrogens with zero attached hydrogens (tertiary/aromatic N) is 3. The number of methoxy groups -OCH3 is 2. The summed E-state index contributed by atoms with van der Waals surface area (Å²) in [5.41, 5.74) is 7.45. The van der Waals surface area contributed by atoms with Crippen molar-refractivity contribution in [2.75, 3.05) is 14.2 Å². The second kappa shape index (κ2) is 5.85. The van der Waals surface area contributed by atoms with Crippen molar-refractivity contribution in [3.8, 4) is 0 Å². The van der Waals surface area contributed by atoms with Crippen molar-refractivity contribution in [3.05, 3.63) is 21.2 Å². The Kier molecular flexibility index (Phi) is 5.13. The molecule has 0 saturated carbocycles. The van der Waals surface area contributed by atoms with Gasteiger partial charge in [0.05, 0.1) is 14.2 Å². The second-order valence-electron chi connectivity index (χ2n) is 1.84.